The van der Waals surface area contributed by atoms with Crippen molar-refractivity contribution in [3.05, 3.63) is 63.6 Å². The third-order valence-electron chi connectivity index (χ3n) is 4.46. The van der Waals surface area contributed by atoms with Crippen molar-refractivity contribution >= 4 is 43.1 Å². The van der Waals surface area contributed by atoms with E-state index in [9.17, 15) is 18.0 Å². The van der Waals surface area contributed by atoms with Gasteiger partial charge in [0.1, 0.15) is 27.9 Å². The molecule has 0 atom stereocenters. The van der Waals surface area contributed by atoms with E-state index in [1.807, 2.05) is 0 Å². The molecule has 0 aliphatic heterocycles. The fraction of sp³-hybridized carbons (Fsp3) is 0.182. The molecular weight excluding hydrogens is 440 g/mol. The third-order valence-corrected chi connectivity index (χ3v) is 7.19. The van der Waals surface area contributed by atoms with Gasteiger partial charge in [0.25, 0.3) is 4.74 Å². The Balaban J connectivity index is 1.89. The van der Waals surface area contributed by atoms with Gasteiger partial charge in [-0.1, -0.05) is 29.5 Å². The average Bonchev–Trinajstić information content (AvgIpc) is 2.76. The van der Waals surface area contributed by atoms with Gasteiger partial charge in [0.05, 0.1) is 21.3 Å². The number of rotatable bonds is 8. The highest BCUT2D eigenvalue weighted by atomic mass is 32.2. The number of ether oxygens (including phenoxy) is 3. The van der Waals surface area contributed by atoms with E-state index in [2.05, 4.69) is 0 Å². The number of ketones is 1. The smallest absolute Gasteiger partial charge is 0.251 e. The molecule has 0 fully saturated rings. The van der Waals surface area contributed by atoms with Crippen LogP contribution in [-0.2, 0) is 14.6 Å². The zero-order valence-electron chi connectivity index (χ0n) is 17.1. The van der Waals surface area contributed by atoms with Gasteiger partial charge in [-0.3, -0.25) is 9.59 Å². The van der Waals surface area contributed by atoms with Crippen molar-refractivity contribution in [1.82, 2.24) is 0 Å². The Morgan fingerprint density at radius 1 is 0.968 bits per heavy atom. The van der Waals surface area contributed by atoms with Crippen molar-refractivity contribution in [2.45, 2.75) is 4.90 Å². The van der Waals surface area contributed by atoms with Crippen LogP contribution in [0.25, 0.3) is 16.2 Å². The van der Waals surface area contributed by atoms with E-state index in [1.165, 1.54) is 32.4 Å². The lowest BCUT2D eigenvalue weighted by molar-refractivity contribution is -0.112. The predicted molar refractivity (Wildman–Crippen MR) is 120 cm³/mol. The second kappa shape index (κ2) is 9.32. The maximum Gasteiger partial charge on any atom is 0.251 e. The predicted octanol–water partition coefficient (Wildman–Crippen LogP) is 3.34. The van der Waals surface area contributed by atoms with Crippen LogP contribution in [-0.4, -0.2) is 41.3 Å². The van der Waals surface area contributed by atoms with Crippen molar-refractivity contribution in [2.75, 3.05) is 27.1 Å². The summed E-state index contributed by atoms with van der Waals surface area (Å²) in [4.78, 5) is 24.4. The van der Waals surface area contributed by atoms with Crippen LogP contribution in [0.15, 0.2) is 58.2 Å². The number of fused-ring (bicyclic) bond motifs is 1. The lowest BCUT2D eigenvalue weighted by Crippen LogP contribution is -2.20. The summed E-state index contributed by atoms with van der Waals surface area (Å²) in [6.07, 6.45) is 2.69. The average molecular weight is 461 g/mol. The molecule has 9 heteroatoms. The van der Waals surface area contributed by atoms with E-state index in [0.717, 1.165) is 11.3 Å². The highest BCUT2D eigenvalue weighted by molar-refractivity contribution is 7.92. The molecule has 0 N–H and O–H groups in total. The van der Waals surface area contributed by atoms with Crippen LogP contribution in [0.3, 0.4) is 0 Å². The Morgan fingerprint density at radius 3 is 2.26 bits per heavy atom. The summed E-state index contributed by atoms with van der Waals surface area (Å²) < 4.78 is 41.0. The minimum absolute atomic E-state index is 0.368. The van der Waals surface area contributed by atoms with Crippen molar-refractivity contribution in [3.63, 3.8) is 0 Å². The number of allylic oxidation sites excluding steroid dienone is 1. The molecule has 1 aromatic heterocycles. The van der Waals surface area contributed by atoms with Crippen molar-refractivity contribution in [1.29, 1.82) is 0 Å². The van der Waals surface area contributed by atoms with Gasteiger partial charge in [0.15, 0.2) is 15.6 Å². The number of carbonyl (C=O) groups excluding carboxylic acids is 1. The summed E-state index contributed by atoms with van der Waals surface area (Å²) >= 11 is 0.759. The van der Waals surface area contributed by atoms with Crippen LogP contribution in [0.1, 0.15) is 5.56 Å². The Morgan fingerprint density at radius 2 is 1.65 bits per heavy atom. The van der Waals surface area contributed by atoms with Gasteiger partial charge in [0, 0.05) is 16.2 Å². The molecule has 31 heavy (non-hydrogen) atoms. The molecule has 1 heterocycles. The Kier molecular flexibility index (Phi) is 6.77. The number of methoxy groups -OCH3 is 3. The lowest BCUT2D eigenvalue weighted by Gasteiger charge is -2.09. The summed E-state index contributed by atoms with van der Waals surface area (Å²) in [6, 6.07) is 11.4. The van der Waals surface area contributed by atoms with E-state index >= 15 is 0 Å². The largest absolute Gasteiger partial charge is 0.497 e. The molecule has 0 aliphatic carbocycles. The summed E-state index contributed by atoms with van der Waals surface area (Å²) in [5, 5.41) is 0.452. The van der Waals surface area contributed by atoms with Gasteiger partial charge in [-0.25, -0.2) is 8.42 Å². The molecule has 2 aromatic carbocycles. The molecule has 0 radical (unpaired) electrons. The van der Waals surface area contributed by atoms with Gasteiger partial charge in [-0.2, -0.15) is 0 Å². The monoisotopic (exact) mass is 460 g/mol. The second-order valence-corrected chi connectivity index (χ2v) is 9.44. The van der Waals surface area contributed by atoms with Gasteiger partial charge < -0.3 is 14.2 Å². The zero-order valence-corrected chi connectivity index (χ0v) is 18.7. The summed E-state index contributed by atoms with van der Waals surface area (Å²) in [5.41, 5.74) is 0.711. The topological polar surface area (TPSA) is 96.0 Å². The zero-order chi connectivity index (χ0) is 22.6. The van der Waals surface area contributed by atoms with Crippen LogP contribution in [0.2, 0.25) is 0 Å². The lowest BCUT2D eigenvalue weighted by atomic mass is 10.2. The molecule has 3 rings (SSSR count). The van der Waals surface area contributed by atoms with E-state index in [1.54, 1.807) is 43.5 Å². The molecule has 0 aliphatic rings. The number of carbonyl (C=O) groups is 1. The van der Waals surface area contributed by atoms with E-state index < -0.39 is 31.0 Å². The molecule has 7 nitrogen and oxygen atoms in total. The quantitative estimate of drug-likeness (QED) is 0.476. The first-order valence-electron chi connectivity index (χ1n) is 9.05. The van der Waals surface area contributed by atoms with Gasteiger partial charge in [-0.15, -0.1) is 0 Å². The second-order valence-electron chi connectivity index (χ2n) is 6.47. The Labute approximate surface area is 183 Å². The molecule has 0 amide bonds. The van der Waals surface area contributed by atoms with Crippen LogP contribution >= 0.6 is 11.3 Å². The van der Waals surface area contributed by atoms with Crippen LogP contribution < -0.4 is 19.0 Å². The van der Waals surface area contributed by atoms with E-state index in [0.29, 0.717) is 32.9 Å². The van der Waals surface area contributed by atoms with Crippen LogP contribution in [0.4, 0.5) is 0 Å². The van der Waals surface area contributed by atoms with Gasteiger partial charge >= 0.3 is 0 Å². The molecule has 0 saturated heterocycles. The summed E-state index contributed by atoms with van der Waals surface area (Å²) in [6.45, 7) is 0. The maximum atomic E-state index is 12.8. The molecule has 0 unspecified atom stereocenters. The third kappa shape index (κ3) is 5.12. The van der Waals surface area contributed by atoms with Crippen LogP contribution in [0, 0.1) is 0 Å². The maximum absolute atomic E-state index is 12.8. The first kappa shape index (κ1) is 22.5. The first-order valence-corrected chi connectivity index (χ1v) is 11.5. The van der Waals surface area contributed by atoms with Crippen molar-refractivity contribution in [2.24, 2.45) is 0 Å². The molecule has 0 saturated carbocycles. The molecule has 3 aromatic rings. The minimum atomic E-state index is -4.15. The van der Waals surface area contributed by atoms with E-state index in [-0.39, 0.29) is 0 Å². The fourth-order valence-electron chi connectivity index (χ4n) is 2.86. The van der Waals surface area contributed by atoms with E-state index in [4.69, 9.17) is 14.2 Å². The van der Waals surface area contributed by atoms with Crippen LogP contribution in [0.5, 0.6) is 17.2 Å². The number of benzene rings is 2. The van der Waals surface area contributed by atoms with Gasteiger partial charge in [0.2, 0.25) is 0 Å². The Hall–Kier alpha value is -3.17. The van der Waals surface area contributed by atoms with Gasteiger partial charge in [-0.05, 0) is 35.9 Å². The Bertz CT molecular complexity index is 1300. The minimum Gasteiger partial charge on any atom is -0.497 e. The van der Waals surface area contributed by atoms with Crippen molar-refractivity contribution < 1.29 is 27.4 Å². The number of sulfone groups is 1. The fourth-order valence-corrected chi connectivity index (χ4v) is 5.35. The van der Waals surface area contributed by atoms with Crippen molar-refractivity contribution in [3.8, 4) is 17.2 Å². The number of hydrogen-bond acceptors (Lipinski definition) is 8. The first-order chi connectivity index (χ1) is 14.8. The highest BCUT2D eigenvalue weighted by Gasteiger charge is 2.23. The summed E-state index contributed by atoms with van der Waals surface area (Å²) in [7, 11) is 0.313. The molecule has 0 spiro atoms. The SMILES string of the molecule is COc1ccc(/C=C\C(=O)CS(=O)(=O)c2cc3c(OC)cc(OC)cc3sc2=O)cc1. The standard InChI is InChI=1S/C22H20O7S2/c1-27-16-8-5-14(6-9-16)4-7-15(23)13-31(25,26)21-12-18-19(29-3)10-17(28-2)11-20(18)30-22(21)24/h4-12H,13H2,1-3H3/b7-4-. The number of hydrogen-bond donors (Lipinski definition) is 0. The normalized spacial score (nSPS) is 11.6. The summed E-state index contributed by atoms with van der Waals surface area (Å²) in [5.74, 6) is 0.0647. The molecule has 162 valence electrons. The molecular formula is C22H20O7S2. The molecule has 0 bridgehead atoms. The highest BCUT2D eigenvalue weighted by Crippen LogP contribution is 2.33.